The molecule has 0 bridgehead atoms. The largest absolute Gasteiger partial charge is 0.417 e. The summed E-state index contributed by atoms with van der Waals surface area (Å²) in [6.45, 7) is -0.432. The number of hydrogen-bond acceptors (Lipinski definition) is 2. The van der Waals surface area contributed by atoms with Crippen molar-refractivity contribution in [3.8, 4) is 0 Å². The van der Waals surface area contributed by atoms with Gasteiger partial charge in [0.05, 0.1) is 10.6 Å². The fourth-order valence-corrected chi connectivity index (χ4v) is 1.17. The summed E-state index contributed by atoms with van der Waals surface area (Å²) in [4.78, 5) is 0. The first-order valence-corrected chi connectivity index (χ1v) is 4.04. The van der Waals surface area contributed by atoms with E-state index in [1.807, 2.05) is 0 Å². The molecule has 0 aliphatic rings. The Morgan fingerprint density at radius 1 is 1.36 bits per heavy atom. The molecule has 0 spiro atoms. The summed E-state index contributed by atoms with van der Waals surface area (Å²) < 4.78 is 36.9. The molecule has 0 aliphatic carbocycles. The molecule has 0 unspecified atom stereocenters. The molecule has 1 aromatic rings. The number of aliphatic hydroxyl groups excluding tert-OH is 1. The number of nitrogens with one attached hydrogen (secondary N) is 1. The monoisotopic (exact) mass is 225 g/mol. The summed E-state index contributed by atoms with van der Waals surface area (Å²) in [6, 6.07) is 3.33. The summed E-state index contributed by atoms with van der Waals surface area (Å²) >= 11 is 5.37. The third kappa shape index (κ3) is 2.52. The van der Waals surface area contributed by atoms with Crippen LogP contribution in [0.2, 0.25) is 5.02 Å². The fraction of sp³-hybridized carbons (Fsp3) is 0.250. The molecule has 0 heterocycles. The van der Waals surface area contributed by atoms with E-state index in [0.29, 0.717) is 0 Å². The van der Waals surface area contributed by atoms with Gasteiger partial charge in [-0.05, 0) is 18.2 Å². The molecule has 0 aliphatic heterocycles. The first kappa shape index (κ1) is 11.1. The minimum absolute atomic E-state index is 0.171. The van der Waals surface area contributed by atoms with Crippen LogP contribution in [0.1, 0.15) is 5.56 Å². The summed E-state index contributed by atoms with van der Waals surface area (Å²) in [6.07, 6.45) is -4.48. The van der Waals surface area contributed by atoms with Crippen LogP contribution in [0.25, 0.3) is 0 Å². The predicted molar refractivity (Wildman–Crippen MR) is 47.2 cm³/mol. The van der Waals surface area contributed by atoms with E-state index in [4.69, 9.17) is 16.7 Å². The van der Waals surface area contributed by atoms with E-state index in [0.717, 1.165) is 12.1 Å². The Hall–Kier alpha value is -0.940. The van der Waals surface area contributed by atoms with E-state index in [9.17, 15) is 13.2 Å². The second kappa shape index (κ2) is 4.06. The highest BCUT2D eigenvalue weighted by Gasteiger charge is 2.33. The van der Waals surface area contributed by atoms with Crippen molar-refractivity contribution in [3.63, 3.8) is 0 Å². The number of benzene rings is 1. The van der Waals surface area contributed by atoms with E-state index >= 15 is 0 Å². The molecule has 0 saturated heterocycles. The summed E-state index contributed by atoms with van der Waals surface area (Å²) in [7, 11) is 0. The molecule has 1 rings (SSSR count). The Bertz CT molecular complexity index is 327. The van der Waals surface area contributed by atoms with Crippen LogP contribution in [0.3, 0.4) is 0 Å². The van der Waals surface area contributed by atoms with Crippen molar-refractivity contribution in [1.82, 2.24) is 0 Å². The fourth-order valence-electron chi connectivity index (χ4n) is 0.944. The molecule has 6 heteroatoms. The standard InChI is InChI=1S/C8H7ClF3NO/c9-7-2-1-5(13-4-14)3-6(7)8(10,11)12/h1-3,13-14H,4H2. The Labute approximate surface area is 83.3 Å². The van der Waals surface area contributed by atoms with E-state index in [1.54, 1.807) is 0 Å². The Morgan fingerprint density at radius 3 is 2.50 bits per heavy atom. The van der Waals surface area contributed by atoms with Crippen LogP contribution in [-0.4, -0.2) is 11.8 Å². The second-order valence-corrected chi connectivity index (χ2v) is 2.93. The first-order chi connectivity index (χ1) is 6.45. The average Bonchev–Trinajstić information content (AvgIpc) is 2.07. The second-order valence-electron chi connectivity index (χ2n) is 2.53. The van der Waals surface area contributed by atoms with Crippen molar-refractivity contribution in [2.24, 2.45) is 0 Å². The van der Waals surface area contributed by atoms with Crippen molar-refractivity contribution in [1.29, 1.82) is 0 Å². The van der Waals surface area contributed by atoms with E-state index in [-0.39, 0.29) is 10.7 Å². The van der Waals surface area contributed by atoms with Crippen LogP contribution in [0, 0.1) is 0 Å². The molecular formula is C8H7ClF3NO. The highest BCUT2D eigenvalue weighted by Crippen LogP contribution is 2.35. The van der Waals surface area contributed by atoms with Crippen LogP contribution in [0.4, 0.5) is 18.9 Å². The summed E-state index contributed by atoms with van der Waals surface area (Å²) in [5.74, 6) is 0. The van der Waals surface area contributed by atoms with Gasteiger partial charge in [0, 0.05) is 5.69 Å². The Balaban J connectivity index is 3.09. The maximum atomic E-state index is 12.3. The lowest BCUT2D eigenvalue weighted by atomic mass is 10.2. The van der Waals surface area contributed by atoms with Gasteiger partial charge in [0.25, 0.3) is 0 Å². The molecule has 0 amide bonds. The van der Waals surface area contributed by atoms with Crippen LogP contribution in [0.5, 0.6) is 0 Å². The maximum absolute atomic E-state index is 12.3. The normalized spacial score (nSPS) is 11.5. The molecule has 78 valence electrons. The summed E-state index contributed by atoms with van der Waals surface area (Å²) in [5.41, 5.74) is -0.748. The maximum Gasteiger partial charge on any atom is 0.417 e. The molecule has 0 atom stereocenters. The minimum atomic E-state index is -4.48. The quantitative estimate of drug-likeness (QED) is 0.759. The smallest absolute Gasteiger partial charge is 0.377 e. The van der Waals surface area contributed by atoms with Gasteiger partial charge in [-0.2, -0.15) is 13.2 Å². The van der Waals surface area contributed by atoms with Gasteiger partial charge < -0.3 is 10.4 Å². The zero-order chi connectivity index (χ0) is 10.8. The topological polar surface area (TPSA) is 32.3 Å². The molecule has 14 heavy (non-hydrogen) atoms. The highest BCUT2D eigenvalue weighted by atomic mass is 35.5. The average molecular weight is 226 g/mol. The molecular weight excluding hydrogens is 219 g/mol. The Kier molecular flexibility index (Phi) is 3.23. The van der Waals surface area contributed by atoms with Crippen molar-refractivity contribution in [3.05, 3.63) is 28.8 Å². The van der Waals surface area contributed by atoms with Crippen molar-refractivity contribution in [2.75, 3.05) is 12.0 Å². The van der Waals surface area contributed by atoms with Gasteiger partial charge in [-0.3, -0.25) is 0 Å². The molecule has 1 aromatic carbocycles. The molecule has 0 saturated carbocycles. The van der Waals surface area contributed by atoms with Gasteiger partial charge in [0.2, 0.25) is 0 Å². The zero-order valence-electron chi connectivity index (χ0n) is 6.90. The van der Waals surface area contributed by atoms with Gasteiger partial charge in [-0.25, -0.2) is 0 Å². The lowest BCUT2D eigenvalue weighted by Gasteiger charge is -2.11. The number of anilines is 1. The van der Waals surface area contributed by atoms with Crippen LogP contribution in [0.15, 0.2) is 18.2 Å². The molecule has 0 aromatic heterocycles. The van der Waals surface area contributed by atoms with E-state index in [2.05, 4.69) is 5.32 Å². The van der Waals surface area contributed by atoms with Crippen molar-refractivity contribution < 1.29 is 18.3 Å². The number of alkyl halides is 3. The third-order valence-corrected chi connectivity index (χ3v) is 1.88. The number of hydrogen-bond donors (Lipinski definition) is 2. The van der Waals surface area contributed by atoms with Crippen molar-refractivity contribution in [2.45, 2.75) is 6.18 Å². The summed E-state index contributed by atoms with van der Waals surface area (Å²) in [5, 5.41) is 10.4. The molecule has 2 N–H and O–H groups in total. The lowest BCUT2D eigenvalue weighted by molar-refractivity contribution is -0.137. The van der Waals surface area contributed by atoms with E-state index in [1.165, 1.54) is 6.07 Å². The number of aliphatic hydroxyl groups is 1. The minimum Gasteiger partial charge on any atom is -0.377 e. The lowest BCUT2D eigenvalue weighted by Crippen LogP contribution is -2.07. The zero-order valence-corrected chi connectivity index (χ0v) is 7.65. The predicted octanol–water partition coefficient (Wildman–Crippen LogP) is 2.72. The number of rotatable bonds is 2. The molecule has 2 nitrogen and oxygen atoms in total. The van der Waals surface area contributed by atoms with Crippen LogP contribution in [-0.2, 0) is 6.18 Å². The van der Waals surface area contributed by atoms with Crippen LogP contribution >= 0.6 is 11.6 Å². The highest BCUT2D eigenvalue weighted by molar-refractivity contribution is 6.31. The van der Waals surface area contributed by atoms with Gasteiger partial charge in [0.1, 0.15) is 6.73 Å². The Morgan fingerprint density at radius 2 is 2.00 bits per heavy atom. The first-order valence-electron chi connectivity index (χ1n) is 3.66. The van der Waals surface area contributed by atoms with Crippen molar-refractivity contribution >= 4 is 17.3 Å². The van der Waals surface area contributed by atoms with Gasteiger partial charge in [-0.15, -0.1) is 0 Å². The molecule has 0 fully saturated rings. The number of halogens is 4. The SMILES string of the molecule is OCNc1ccc(Cl)c(C(F)(F)F)c1. The van der Waals surface area contributed by atoms with E-state index < -0.39 is 18.5 Å². The van der Waals surface area contributed by atoms with Gasteiger partial charge >= 0.3 is 6.18 Å². The third-order valence-electron chi connectivity index (χ3n) is 1.55. The van der Waals surface area contributed by atoms with Gasteiger partial charge in [-0.1, -0.05) is 11.6 Å². The molecule has 0 radical (unpaired) electrons. The van der Waals surface area contributed by atoms with Crippen LogP contribution < -0.4 is 5.32 Å². The van der Waals surface area contributed by atoms with Gasteiger partial charge in [0.15, 0.2) is 0 Å².